The van der Waals surface area contributed by atoms with Gasteiger partial charge in [-0.2, -0.15) is 0 Å². The van der Waals surface area contributed by atoms with Gasteiger partial charge in [0.2, 0.25) is 0 Å². The van der Waals surface area contributed by atoms with Gasteiger partial charge in [0.1, 0.15) is 18.2 Å². The molecule has 0 unspecified atom stereocenters. The number of fused-ring (bicyclic) bond motifs is 1. The van der Waals surface area contributed by atoms with Crippen LogP contribution in [0.2, 0.25) is 18.1 Å². The van der Waals surface area contributed by atoms with E-state index in [1.54, 1.807) is 0 Å². The third-order valence-electron chi connectivity index (χ3n) is 4.67. The molecule has 4 atom stereocenters. The van der Waals surface area contributed by atoms with Crippen molar-refractivity contribution < 1.29 is 13.9 Å². The Balaban J connectivity index is 2.05. The van der Waals surface area contributed by atoms with Crippen LogP contribution in [0.1, 0.15) is 41.5 Å². The molecule has 2 heterocycles. The highest BCUT2D eigenvalue weighted by atomic mass is 28.4. The first-order chi connectivity index (χ1) is 8.93. The van der Waals surface area contributed by atoms with Gasteiger partial charge in [0.25, 0.3) is 0 Å². The van der Waals surface area contributed by atoms with Gasteiger partial charge in [-0.05, 0) is 38.9 Å². The summed E-state index contributed by atoms with van der Waals surface area (Å²) in [7, 11) is -1.79. The van der Waals surface area contributed by atoms with Gasteiger partial charge in [-0.1, -0.05) is 20.8 Å². The van der Waals surface area contributed by atoms with Crippen molar-refractivity contribution in [1.29, 1.82) is 0 Å². The van der Waals surface area contributed by atoms with Gasteiger partial charge in [-0.25, -0.2) is 0 Å². The Morgan fingerprint density at radius 1 is 1.25 bits per heavy atom. The zero-order valence-corrected chi connectivity index (χ0v) is 15.1. The maximum absolute atomic E-state index is 6.45. The average molecular weight is 299 g/mol. The molecule has 0 bridgehead atoms. The molecule has 0 aromatic carbocycles. The zero-order chi connectivity index (χ0) is 15.3. The molecule has 0 N–H and O–H groups in total. The summed E-state index contributed by atoms with van der Waals surface area (Å²) in [6.07, 6.45) is 1.90. The van der Waals surface area contributed by atoms with Gasteiger partial charge >= 0.3 is 0 Å². The van der Waals surface area contributed by atoms with Crippen molar-refractivity contribution in [2.75, 3.05) is 0 Å². The quantitative estimate of drug-likeness (QED) is 0.750. The van der Waals surface area contributed by atoms with E-state index in [1.807, 2.05) is 20.1 Å². The highest BCUT2D eigenvalue weighted by Gasteiger charge is 2.50. The fourth-order valence-corrected chi connectivity index (χ4v) is 3.99. The van der Waals surface area contributed by atoms with Crippen molar-refractivity contribution in [3.05, 3.63) is 0 Å². The van der Waals surface area contributed by atoms with Crippen molar-refractivity contribution in [3.63, 3.8) is 0 Å². The second-order valence-corrected chi connectivity index (χ2v) is 12.7. The first kappa shape index (κ1) is 16.1. The molecule has 0 saturated carbocycles. The van der Waals surface area contributed by atoms with E-state index in [-0.39, 0.29) is 29.4 Å². The molecule has 0 aromatic heterocycles. The normalized spacial score (nSPS) is 34.3. The Morgan fingerprint density at radius 3 is 2.40 bits per heavy atom. The first-order valence-corrected chi connectivity index (χ1v) is 10.4. The maximum atomic E-state index is 6.45. The summed E-state index contributed by atoms with van der Waals surface area (Å²) in [5.74, 6) is -0.517. The molecule has 1 fully saturated rings. The van der Waals surface area contributed by atoms with Crippen molar-refractivity contribution in [2.45, 2.75) is 89.8 Å². The Morgan fingerprint density at radius 2 is 1.85 bits per heavy atom. The summed E-state index contributed by atoms with van der Waals surface area (Å²) in [4.78, 5) is 4.57. The monoisotopic (exact) mass is 299 g/mol. The molecule has 0 aromatic rings. The lowest BCUT2D eigenvalue weighted by Crippen LogP contribution is -2.48. The van der Waals surface area contributed by atoms with Crippen LogP contribution in [0, 0.1) is 0 Å². The number of nitrogens with zero attached hydrogens (tertiary/aromatic N) is 1. The molecule has 116 valence electrons. The topological polar surface area (TPSA) is 40.0 Å². The molecule has 20 heavy (non-hydrogen) atoms. The lowest BCUT2D eigenvalue weighted by Gasteiger charge is -2.40. The number of hydrogen-bond acceptors (Lipinski definition) is 4. The molecular weight excluding hydrogens is 270 g/mol. The molecular formula is C15H29NO3Si. The highest BCUT2D eigenvalue weighted by molar-refractivity contribution is 6.74. The van der Waals surface area contributed by atoms with Crippen molar-refractivity contribution in [1.82, 2.24) is 0 Å². The predicted molar refractivity (Wildman–Crippen MR) is 83.8 cm³/mol. The highest BCUT2D eigenvalue weighted by Crippen LogP contribution is 2.40. The Kier molecular flexibility index (Phi) is 3.96. The minimum atomic E-state index is -1.79. The van der Waals surface area contributed by atoms with E-state index in [0.717, 1.165) is 0 Å². The fraction of sp³-hybridized carbons (Fsp3) is 0.933. The summed E-state index contributed by atoms with van der Waals surface area (Å²) in [5, 5.41) is 0.204. The molecule has 2 aliphatic rings. The van der Waals surface area contributed by atoms with Crippen LogP contribution in [0.4, 0.5) is 0 Å². The van der Waals surface area contributed by atoms with E-state index in [4.69, 9.17) is 13.9 Å². The maximum Gasteiger partial charge on any atom is 0.192 e. The summed E-state index contributed by atoms with van der Waals surface area (Å²) >= 11 is 0. The SMILES string of the molecule is C[C@H](O[Si](C)(C)C(C)(C)C)[C@@H]1N=C[C@@H]2OC(C)(C)O[C@H]12. The average Bonchev–Trinajstić information content (AvgIpc) is 2.69. The minimum absolute atomic E-state index is 0.00947. The number of rotatable bonds is 3. The largest absolute Gasteiger partial charge is 0.412 e. The zero-order valence-electron chi connectivity index (χ0n) is 14.1. The Hall–Kier alpha value is -0.233. The fourth-order valence-electron chi connectivity index (χ4n) is 2.57. The summed E-state index contributed by atoms with van der Waals surface area (Å²) < 4.78 is 18.3. The van der Waals surface area contributed by atoms with Gasteiger partial charge in [-0.3, -0.25) is 4.99 Å². The standard InChI is InChI=1S/C15H29NO3Si/c1-10(19-20(7,8)14(2,3)4)12-13-11(9-16-12)17-15(5,6)18-13/h9-13H,1-8H3/t10-,11-,12-,13-/m0/s1. The molecule has 1 saturated heterocycles. The lowest BCUT2D eigenvalue weighted by molar-refractivity contribution is -0.146. The second-order valence-electron chi connectivity index (χ2n) is 7.94. The van der Waals surface area contributed by atoms with E-state index in [2.05, 4.69) is 45.8 Å². The van der Waals surface area contributed by atoms with Crippen LogP contribution in [0.15, 0.2) is 4.99 Å². The second kappa shape index (κ2) is 4.90. The van der Waals surface area contributed by atoms with Crippen LogP contribution in [-0.4, -0.2) is 44.7 Å². The third-order valence-corrected chi connectivity index (χ3v) is 9.25. The van der Waals surface area contributed by atoms with Gasteiger partial charge in [0, 0.05) is 6.21 Å². The van der Waals surface area contributed by atoms with Gasteiger partial charge in [-0.15, -0.1) is 0 Å². The van der Waals surface area contributed by atoms with Crippen LogP contribution < -0.4 is 0 Å². The molecule has 0 spiro atoms. The molecule has 2 aliphatic heterocycles. The molecule has 5 heteroatoms. The van der Waals surface area contributed by atoms with Crippen molar-refractivity contribution in [3.8, 4) is 0 Å². The molecule has 0 radical (unpaired) electrons. The minimum Gasteiger partial charge on any atom is -0.412 e. The predicted octanol–water partition coefficient (Wildman–Crippen LogP) is 3.37. The number of hydrogen-bond donors (Lipinski definition) is 0. The van der Waals surface area contributed by atoms with Crippen LogP contribution in [0.25, 0.3) is 0 Å². The molecule has 0 aliphatic carbocycles. The van der Waals surface area contributed by atoms with E-state index < -0.39 is 14.1 Å². The molecule has 2 rings (SSSR count). The number of ether oxygens (including phenoxy) is 2. The Labute approximate surface area is 124 Å². The molecule has 4 nitrogen and oxygen atoms in total. The van der Waals surface area contributed by atoms with E-state index in [1.165, 1.54) is 0 Å². The smallest absolute Gasteiger partial charge is 0.192 e. The molecule has 0 amide bonds. The van der Waals surface area contributed by atoms with Crippen LogP contribution in [-0.2, 0) is 13.9 Å². The van der Waals surface area contributed by atoms with Crippen LogP contribution in [0.5, 0.6) is 0 Å². The van der Waals surface area contributed by atoms with Gasteiger partial charge in [0.05, 0.1) is 6.10 Å². The van der Waals surface area contributed by atoms with Crippen molar-refractivity contribution >= 4 is 14.5 Å². The van der Waals surface area contributed by atoms with E-state index in [9.17, 15) is 0 Å². The summed E-state index contributed by atoms with van der Waals surface area (Å²) in [6.45, 7) is 17.3. The van der Waals surface area contributed by atoms with Crippen molar-refractivity contribution in [2.24, 2.45) is 4.99 Å². The lowest BCUT2D eigenvalue weighted by atomic mass is 10.1. The van der Waals surface area contributed by atoms with E-state index >= 15 is 0 Å². The van der Waals surface area contributed by atoms with E-state index in [0.29, 0.717) is 0 Å². The number of aliphatic imine (C=N–C) groups is 1. The first-order valence-electron chi connectivity index (χ1n) is 7.50. The van der Waals surface area contributed by atoms with Crippen LogP contribution in [0.3, 0.4) is 0 Å². The Bertz CT molecular complexity index is 400. The summed E-state index contributed by atoms with van der Waals surface area (Å²) in [6, 6.07) is 0.0379. The van der Waals surface area contributed by atoms with Crippen LogP contribution >= 0.6 is 0 Å². The third kappa shape index (κ3) is 3.01. The van der Waals surface area contributed by atoms with Gasteiger partial charge in [0.15, 0.2) is 14.1 Å². The summed E-state index contributed by atoms with van der Waals surface area (Å²) in [5.41, 5.74) is 0. The van der Waals surface area contributed by atoms with Gasteiger partial charge < -0.3 is 13.9 Å².